The monoisotopic (exact) mass is 392 g/mol. The van der Waals surface area contributed by atoms with Crippen molar-refractivity contribution in [3.63, 3.8) is 0 Å². The SMILES string of the molecule is C#C/C=C\C(C)=C(/C)c1ccc(C(C)=O)cc1F.CC.CCc1ccccc1C. The first-order valence-corrected chi connectivity index (χ1v) is 9.97. The Morgan fingerprint density at radius 3 is 2.17 bits per heavy atom. The molecule has 0 radical (unpaired) electrons. The molecule has 1 nitrogen and oxygen atoms in total. The van der Waals surface area contributed by atoms with Crippen molar-refractivity contribution in [2.75, 3.05) is 0 Å². The van der Waals surface area contributed by atoms with Crippen molar-refractivity contribution in [3.8, 4) is 12.3 Å². The van der Waals surface area contributed by atoms with E-state index >= 15 is 0 Å². The summed E-state index contributed by atoms with van der Waals surface area (Å²) in [7, 11) is 0. The van der Waals surface area contributed by atoms with Crippen molar-refractivity contribution in [1.29, 1.82) is 0 Å². The molecule has 2 aromatic carbocycles. The fraction of sp³-hybridized carbons (Fsp3) is 0.296. The number of benzene rings is 2. The maximum atomic E-state index is 13.9. The average Bonchev–Trinajstić information content (AvgIpc) is 2.73. The smallest absolute Gasteiger partial charge is 0.159 e. The van der Waals surface area contributed by atoms with Gasteiger partial charge in [-0.25, -0.2) is 4.39 Å². The lowest BCUT2D eigenvalue weighted by molar-refractivity contribution is 0.101. The van der Waals surface area contributed by atoms with Gasteiger partial charge in [0.1, 0.15) is 5.82 Å². The summed E-state index contributed by atoms with van der Waals surface area (Å²) >= 11 is 0. The number of hydrogen-bond donors (Lipinski definition) is 0. The van der Waals surface area contributed by atoms with Gasteiger partial charge in [-0.2, -0.15) is 0 Å². The molecule has 2 heteroatoms. The van der Waals surface area contributed by atoms with Crippen LogP contribution in [0.15, 0.2) is 60.2 Å². The van der Waals surface area contributed by atoms with Gasteiger partial charge < -0.3 is 0 Å². The van der Waals surface area contributed by atoms with Crippen LogP contribution in [0.4, 0.5) is 4.39 Å². The van der Waals surface area contributed by atoms with Crippen LogP contribution in [0.2, 0.25) is 0 Å². The van der Waals surface area contributed by atoms with Crippen molar-refractivity contribution < 1.29 is 9.18 Å². The van der Waals surface area contributed by atoms with Gasteiger partial charge in [0, 0.05) is 11.1 Å². The summed E-state index contributed by atoms with van der Waals surface area (Å²) in [6.07, 6.45) is 9.60. The zero-order valence-corrected chi connectivity index (χ0v) is 18.8. The number of Topliss-reactive ketones (excluding diaryl/α,β-unsaturated/α-hetero) is 1. The van der Waals surface area contributed by atoms with Crippen molar-refractivity contribution in [3.05, 3.63) is 88.3 Å². The van der Waals surface area contributed by atoms with Gasteiger partial charge in [-0.1, -0.05) is 69.2 Å². The molecule has 0 amide bonds. The highest BCUT2D eigenvalue weighted by molar-refractivity contribution is 5.94. The van der Waals surface area contributed by atoms with Crippen LogP contribution < -0.4 is 0 Å². The van der Waals surface area contributed by atoms with Crippen LogP contribution >= 0.6 is 0 Å². The molecule has 0 saturated heterocycles. The molecule has 0 saturated carbocycles. The standard InChI is InChI=1S/C16H15FO.C9H12.C2H6/c1-5-6-7-11(2)12(3)15-9-8-14(13(4)18)10-16(15)17;1-3-9-7-5-4-6-8(9)2;1-2/h1,6-10H,2-4H3;4-7H,3H2,1-2H3;1-2H3/b7-6-,12-11+;;. The minimum Gasteiger partial charge on any atom is -0.295 e. The lowest BCUT2D eigenvalue weighted by atomic mass is 9.99. The Kier molecular flexibility index (Phi) is 12.7. The Bertz CT molecular complexity index is 895. The van der Waals surface area contributed by atoms with Gasteiger partial charge in [0.15, 0.2) is 5.78 Å². The maximum Gasteiger partial charge on any atom is 0.159 e. The highest BCUT2D eigenvalue weighted by atomic mass is 19.1. The van der Waals surface area contributed by atoms with Crippen LogP contribution in [0.25, 0.3) is 5.57 Å². The van der Waals surface area contributed by atoms with Crippen LogP contribution in [-0.4, -0.2) is 5.78 Å². The largest absolute Gasteiger partial charge is 0.295 e. The molecule has 0 bridgehead atoms. The van der Waals surface area contributed by atoms with Gasteiger partial charge in [0.25, 0.3) is 0 Å². The van der Waals surface area contributed by atoms with Crippen molar-refractivity contribution in [2.24, 2.45) is 0 Å². The van der Waals surface area contributed by atoms with Gasteiger partial charge in [0.2, 0.25) is 0 Å². The molecule has 29 heavy (non-hydrogen) atoms. The Morgan fingerprint density at radius 1 is 1.10 bits per heavy atom. The minimum atomic E-state index is -0.395. The van der Waals surface area contributed by atoms with E-state index < -0.39 is 5.82 Å². The normalized spacial score (nSPS) is 10.7. The summed E-state index contributed by atoms with van der Waals surface area (Å²) in [6.45, 7) is 13.4. The highest BCUT2D eigenvalue weighted by Crippen LogP contribution is 2.23. The number of halogens is 1. The summed E-state index contributed by atoms with van der Waals surface area (Å²) < 4.78 is 13.9. The Morgan fingerprint density at radius 2 is 1.72 bits per heavy atom. The lowest BCUT2D eigenvalue weighted by Crippen LogP contribution is -1.96. The van der Waals surface area contributed by atoms with Gasteiger partial charge in [0.05, 0.1) is 0 Å². The minimum absolute atomic E-state index is 0.147. The van der Waals surface area contributed by atoms with E-state index in [0.717, 1.165) is 17.6 Å². The Labute approximate surface area is 176 Å². The quantitative estimate of drug-likeness (QED) is 0.297. The third kappa shape index (κ3) is 8.75. The molecule has 2 rings (SSSR count). The van der Waals surface area contributed by atoms with Crippen molar-refractivity contribution in [1.82, 2.24) is 0 Å². The molecule has 0 aromatic heterocycles. The molecule has 0 aliphatic carbocycles. The van der Waals surface area contributed by atoms with E-state index in [1.165, 1.54) is 24.1 Å². The predicted octanol–water partition coefficient (Wildman–Crippen LogP) is 7.59. The summed E-state index contributed by atoms with van der Waals surface area (Å²) in [5, 5.41) is 0. The third-order valence-corrected chi connectivity index (χ3v) is 4.44. The predicted molar refractivity (Wildman–Crippen MR) is 125 cm³/mol. The summed E-state index contributed by atoms with van der Waals surface area (Å²) in [5.74, 6) is 1.85. The fourth-order valence-electron chi connectivity index (χ4n) is 2.56. The zero-order chi connectivity index (χ0) is 22.4. The number of carbonyl (C=O) groups is 1. The molecule has 0 unspecified atom stereocenters. The first-order valence-electron chi connectivity index (χ1n) is 9.97. The van der Waals surface area contributed by atoms with E-state index in [0.29, 0.717) is 11.1 Å². The number of ketones is 1. The number of carbonyl (C=O) groups excluding carboxylic acids is 1. The van der Waals surface area contributed by atoms with Crippen molar-refractivity contribution in [2.45, 2.75) is 54.9 Å². The second-order valence-electron chi connectivity index (χ2n) is 6.34. The van der Waals surface area contributed by atoms with E-state index in [9.17, 15) is 9.18 Å². The number of hydrogen-bond acceptors (Lipinski definition) is 1. The Balaban J connectivity index is 0.000000595. The number of allylic oxidation sites excluding steroid dienone is 4. The van der Waals surface area contributed by atoms with Crippen LogP contribution in [0.3, 0.4) is 0 Å². The third-order valence-electron chi connectivity index (χ3n) is 4.44. The van der Waals surface area contributed by atoms with E-state index in [1.807, 2.05) is 27.7 Å². The van der Waals surface area contributed by atoms with E-state index in [1.54, 1.807) is 24.3 Å². The van der Waals surface area contributed by atoms with Gasteiger partial charge >= 0.3 is 0 Å². The van der Waals surface area contributed by atoms with E-state index in [4.69, 9.17) is 6.42 Å². The molecule has 154 valence electrons. The van der Waals surface area contributed by atoms with Gasteiger partial charge in [-0.3, -0.25) is 4.79 Å². The number of rotatable bonds is 4. The van der Waals surface area contributed by atoms with Crippen LogP contribution in [0.1, 0.15) is 68.6 Å². The zero-order valence-electron chi connectivity index (χ0n) is 18.8. The maximum absolute atomic E-state index is 13.9. The summed E-state index contributed by atoms with van der Waals surface area (Å²) in [6, 6.07) is 13.0. The molecule has 0 spiro atoms. The molecular weight excluding hydrogens is 359 g/mol. The summed E-state index contributed by atoms with van der Waals surface area (Å²) in [4.78, 5) is 11.1. The van der Waals surface area contributed by atoms with Crippen LogP contribution in [-0.2, 0) is 6.42 Å². The van der Waals surface area contributed by atoms with E-state index in [2.05, 4.69) is 44.0 Å². The molecule has 0 fully saturated rings. The number of terminal acetylenes is 1. The van der Waals surface area contributed by atoms with Gasteiger partial charge in [-0.15, -0.1) is 6.42 Å². The van der Waals surface area contributed by atoms with E-state index in [-0.39, 0.29) is 5.78 Å². The molecule has 0 N–H and O–H groups in total. The van der Waals surface area contributed by atoms with Crippen molar-refractivity contribution >= 4 is 11.4 Å². The van der Waals surface area contributed by atoms with Crippen LogP contribution in [0, 0.1) is 25.1 Å². The number of aryl methyl sites for hydroxylation is 2. The molecule has 0 aliphatic heterocycles. The fourth-order valence-corrected chi connectivity index (χ4v) is 2.56. The van der Waals surface area contributed by atoms with Crippen LogP contribution in [0.5, 0.6) is 0 Å². The average molecular weight is 393 g/mol. The second kappa shape index (κ2) is 14.1. The van der Waals surface area contributed by atoms with Gasteiger partial charge in [-0.05, 0) is 68.5 Å². The topological polar surface area (TPSA) is 17.1 Å². The lowest BCUT2D eigenvalue weighted by Gasteiger charge is -2.07. The molecule has 0 aliphatic rings. The first-order chi connectivity index (χ1) is 13.8. The summed E-state index contributed by atoms with van der Waals surface area (Å²) in [5.41, 5.74) is 5.41. The second-order valence-corrected chi connectivity index (χ2v) is 6.34. The molecule has 0 heterocycles. The first kappa shape index (κ1) is 26.1. The molecule has 0 atom stereocenters. The highest BCUT2D eigenvalue weighted by Gasteiger charge is 2.08. The molecule has 2 aromatic rings. The Hall–Kier alpha value is -2.92. The molecular formula is C27H33FO.